The van der Waals surface area contributed by atoms with Crippen LogP contribution in [0.3, 0.4) is 0 Å². The molecule has 0 aliphatic heterocycles. The second kappa shape index (κ2) is 8.80. The van der Waals surface area contributed by atoms with Crippen molar-refractivity contribution < 1.29 is 9.47 Å². The zero-order valence-electron chi connectivity index (χ0n) is 12.9. The molecule has 0 radical (unpaired) electrons. The van der Waals surface area contributed by atoms with Crippen molar-refractivity contribution in [2.24, 2.45) is 0 Å². The summed E-state index contributed by atoms with van der Waals surface area (Å²) in [4.78, 5) is 2.36. The van der Waals surface area contributed by atoms with E-state index in [1.807, 2.05) is 17.8 Å². The van der Waals surface area contributed by atoms with E-state index in [0.29, 0.717) is 6.04 Å². The quantitative estimate of drug-likeness (QED) is 0.696. The largest absolute Gasteiger partial charge is 0.493 e. The van der Waals surface area contributed by atoms with Crippen molar-refractivity contribution in [1.29, 1.82) is 0 Å². The van der Waals surface area contributed by atoms with Gasteiger partial charge >= 0.3 is 0 Å². The molecule has 0 aromatic heterocycles. The molecule has 0 N–H and O–H groups in total. The Morgan fingerprint density at radius 2 is 2.00 bits per heavy atom. The van der Waals surface area contributed by atoms with Crippen LogP contribution in [0.25, 0.3) is 0 Å². The molecule has 0 spiro atoms. The number of rotatable bonds is 8. The number of hydrogen-bond donors (Lipinski definition) is 0. The van der Waals surface area contributed by atoms with Crippen LogP contribution in [0.4, 0.5) is 0 Å². The van der Waals surface area contributed by atoms with E-state index >= 15 is 0 Å². The predicted octanol–water partition coefficient (Wildman–Crippen LogP) is 4.04. The van der Waals surface area contributed by atoms with Crippen LogP contribution in [0.15, 0.2) is 16.6 Å². The third-order valence-electron chi connectivity index (χ3n) is 3.30. The minimum absolute atomic E-state index is 0.542. The maximum absolute atomic E-state index is 5.42. The molecule has 0 heterocycles. The molecule has 1 rings (SSSR count). The van der Waals surface area contributed by atoms with E-state index in [9.17, 15) is 0 Å². The van der Waals surface area contributed by atoms with E-state index in [-0.39, 0.29) is 0 Å². The Kier molecular flexibility index (Phi) is 7.77. The van der Waals surface area contributed by atoms with E-state index in [4.69, 9.17) is 9.47 Å². The van der Waals surface area contributed by atoms with Gasteiger partial charge in [-0.15, -0.1) is 0 Å². The van der Waals surface area contributed by atoms with Crippen LogP contribution in [0, 0.1) is 0 Å². The van der Waals surface area contributed by atoms with Gasteiger partial charge in [0.25, 0.3) is 0 Å². The summed E-state index contributed by atoms with van der Waals surface area (Å²) < 4.78 is 11.7. The van der Waals surface area contributed by atoms with Gasteiger partial charge in [0.2, 0.25) is 0 Å². The first-order chi connectivity index (χ1) is 9.54. The summed E-state index contributed by atoms with van der Waals surface area (Å²) in [6.07, 6.45) is 0. The zero-order valence-corrected chi connectivity index (χ0v) is 15.3. The Bertz CT molecular complexity index is 429. The standard InChI is InChI=1S/C15H24BrNO2S/c1-6-20-10-11(2)17(3)9-12-7-8-13(18-4)15(19-5)14(12)16/h7-8,11H,6,9-10H2,1-5H3/t11-/m0/s1. The van der Waals surface area contributed by atoms with Crippen LogP contribution in [0.5, 0.6) is 11.5 Å². The van der Waals surface area contributed by atoms with Crippen molar-refractivity contribution in [2.45, 2.75) is 26.4 Å². The smallest absolute Gasteiger partial charge is 0.175 e. The van der Waals surface area contributed by atoms with Crippen molar-refractivity contribution >= 4 is 27.7 Å². The lowest BCUT2D eigenvalue weighted by atomic mass is 10.1. The maximum atomic E-state index is 5.42. The molecule has 0 saturated carbocycles. The highest BCUT2D eigenvalue weighted by Crippen LogP contribution is 2.38. The van der Waals surface area contributed by atoms with Gasteiger partial charge in [-0.1, -0.05) is 13.0 Å². The summed E-state index contributed by atoms with van der Waals surface area (Å²) in [7, 11) is 5.47. The highest BCUT2D eigenvalue weighted by molar-refractivity contribution is 9.10. The molecule has 0 aliphatic rings. The number of hydrogen-bond acceptors (Lipinski definition) is 4. The summed E-state index contributed by atoms with van der Waals surface area (Å²) in [6.45, 7) is 5.34. The SMILES string of the molecule is CCSC[C@H](C)N(C)Cc1ccc(OC)c(OC)c1Br. The summed E-state index contributed by atoms with van der Waals surface area (Å²) in [6, 6.07) is 4.58. The van der Waals surface area contributed by atoms with Crippen molar-refractivity contribution in [1.82, 2.24) is 4.90 Å². The van der Waals surface area contributed by atoms with Gasteiger partial charge in [0.05, 0.1) is 18.7 Å². The Hall–Kier alpha value is -0.390. The Morgan fingerprint density at radius 3 is 2.55 bits per heavy atom. The fraction of sp³-hybridized carbons (Fsp3) is 0.600. The van der Waals surface area contributed by atoms with Gasteiger partial charge in [-0.3, -0.25) is 4.90 Å². The third-order valence-corrected chi connectivity index (χ3v) is 5.30. The van der Waals surface area contributed by atoms with Gasteiger partial charge in [-0.25, -0.2) is 0 Å². The van der Waals surface area contributed by atoms with E-state index in [2.05, 4.69) is 47.8 Å². The van der Waals surface area contributed by atoms with Crippen molar-refractivity contribution in [3.8, 4) is 11.5 Å². The van der Waals surface area contributed by atoms with Crippen LogP contribution < -0.4 is 9.47 Å². The van der Waals surface area contributed by atoms with Gasteiger partial charge in [0.1, 0.15) is 0 Å². The second-order valence-electron chi connectivity index (χ2n) is 4.70. The number of halogens is 1. The fourth-order valence-electron chi connectivity index (χ4n) is 1.89. The predicted molar refractivity (Wildman–Crippen MR) is 91.2 cm³/mol. The molecule has 5 heteroatoms. The number of benzene rings is 1. The van der Waals surface area contributed by atoms with Gasteiger partial charge in [-0.05, 0) is 47.3 Å². The monoisotopic (exact) mass is 361 g/mol. The first-order valence-corrected chi connectivity index (χ1v) is 8.67. The molecule has 0 amide bonds. The molecule has 0 bridgehead atoms. The van der Waals surface area contributed by atoms with Crippen LogP contribution in [-0.4, -0.2) is 43.7 Å². The molecular weight excluding hydrogens is 338 g/mol. The lowest BCUT2D eigenvalue weighted by molar-refractivity contribution is 0.268. The molecule has 20 heavy (non-hydrogen) atoms. The highest BCUT2D eigenvalue weighted by atomic mass is 79.9. The molecule has 1 atom stereocenters. The molecular formula is C15H24BrNO2S. The molecule has 1 aromatic rings. The summed E-state index contributed by atoms with van der Waals surface area (Å²) in [5.41, 5.74) is 1.21. The molecule has 3 nitrogen and oxygen atoms in total. The summed E-state index contributed by atoms with van der Waals surface area (Å²) >= 11 is 5.60. The Labute approximate surface area is 135 Å². The van der Waals surface area contributed by atoms with E-state index in [0.717, 1.165) is 34.0 Å². The second-order valence-corrected chi connectivity index (χ2v) is 6.81. The highest BCUT2D eigenvalue weighted by Gasteiger charge is 2.16. The molecule has 114 valence electrons. The average molecular weight is 362 g/mol. The number of thioether (sulfide) groups is 1. The molecule has 0 fully saturated rings. The minimum Gasteiger partial charge on any atom is -0.493 e. The Morgan fingerprint density at radius 1 is 1.30 bits per heavy atom. The average Bonchev–Trinajstić information content (AvgIpc) is 2.46. The van der Waals surface area contributed by atoms with E-state index < -0.39 is 0 Å². The van der Waals surface area contributed by atoms with Crippen molar-refractivity contribution in [3.63, 3.8) is 0 Å². The number of methoxy groups -OCH3 is 2. The summed E-state index contributed by atoms with van der Waals surface area (Å²) in [5.74, 6) is 3.82. The molecule has 1 aromatic carbocycles. The van der Waals surface area contributed by atoms with Crippen LogP contribution >= 0.6 is 27.7 Å². The zero-order chi connectivity index (χ0) is 15.1. The first-order valence-electron chi connectivity index (χ1n) is 6.72. The maximum Gasteiger partial charge on any atom is 0.175 e. The molecule has 0 aliphatic carbocycles. The van der Waals surface area contributed by atoms with Gasteiger partial charge in [-0.2, -0.15) is 11.8 Å². The number of nitrogens with zero attached hydrogens (tertiary/aromatic N) is 1. The normalized spacial score (nSPS) is 12.6. The van der Waals surface area contributed by atoms with Crippen molar-refractivity contribution in [3.05, 3.63) is 22.2 Å². The third kappa shape index (κ3) is 4.57. The number of ether oxygens (including phenoxy) is 2. The molecule has 0 saturated heterocycles. The molecule has 0 unspecified atom stereocenters. The van der Waals surface area contributed by atoms with Crippen LogP contribution in [0.1, 0.15) is 19.4 Å². The Balaban J connectivity index is 2.82. The summed E-state index contributed by atoms with van der Waals surface area (Å²) in [5, 5.41) is 0. The van der Waals surface area contributed by atoms with Gasteiger partial charge < -0.3 is 9.47 Å². The first kappa shape index (κ1) is 17.7. The lowest BCUT2D eigenvalue weighted by Gasteiger charge is -2.25. The van der Waals surface area contributed by atoms with E-state index in [1.54, 1.807) is 14.2 Å². The van der Waals surface area contributed by atoms with Crippen LogP contribution in [0.2, 0.25) is 0 Å². The van der Waals surface area contributed by atoms with Gasteiger partial charge in [0, 0.05) is 18.3 Å². The van der Waals surface area contributed by atoms with Crippen LogP contribution in [-0.2, 0) is 6.54 Å². The van der Waals surface area contributed by atoms with E-state index in [1.165, 1.54) is 5.56 Å². The minimum atomic E-state index is 0.542. The fourth-order valence-corrected chi connectivity index (χ4v) is 3.34. The topological polar surface area (TPSA) is 21.7 Å². The van der Waals surface area contributed by atoms with Gasteiger partial charge in [0.15, 0.2) is 11.5 Å². The van der Waals surface area contributed by atoms with Crippen molar-refractivity contribution in [2.75, 3.05) is 32.8 Å². The lowest BCUT2D eigenvalue weighted by Crippen LogP contribution is -2.30.